The van der Waals surface area contributed by atoms with Crippen molar-refractivity contribution in [1.29, 1.82) is 0 Å². The highest BCUT2D eigenvalue weighted by atomic mass is 19.1. The molecule has 1 aliphatic carbocycles. The van der Waals surface area contributed by atoms with Crippen LogP contribution in [-0.2, 0) is 10.3 Å². The van der Waals surface area contributed by atoms with Crippen LogP contribution in [-0.4, -0.2) is 12.2 Å². The summed E-state index contributed by atoms with van der Waals surface area (Å²) in [6.45, 7) is 2.74. The molecule has 21 heavy (non-hydrogen) atoms. The molecule has 1 aromatic carbocycles. The fourth-order valence-corrected chi connectivity index (χ4v) is 4.20. The minimum absolute atomic E-state index is 0.00700. The zero-order valence-corrected chi connectivity index (χ0v) is 12.9. The summed E-state index contributed by atoms with van der Waals surface area (Å²) in [5, 5.41) is 0. The van der Waals surface area contributed by atoms with Crippen LogP contribution in [0.15, 0.2) is 24.3 Å². The van der Waals surface area contributed by atoms with Gasteiger partial charge in [0.05, 0.1) is 5.60 Å². The minimum Gasteiger partial charge on any atom is -0.375 e. The van der Waals surface area contributed by atoms with Crippen molar-refractivity contribution in [3.63, 3.8) is 0 Å². The predicted molar refractivity (Wildman–Crippen MR) is 82.4 cm³/mol. The zero-order chi connectivity index (χ0) is 14.9. The Balaban J connectivity index is 1.83. The van der Waals surface area contributed by atoms with E-state index in [1.165, 1.54) is 25.3 Å². The molecular formula is C18H26FNO. The highest BCUT2D eigenvalue weighted by Crippen LogP contribution is 2.45. The van der Waals surface area contributed by atoms with Crippen molar-refractivity contribution in [2.45, 2.75) is 63.0 Å². The summed E-state index contributed by atoms with van der Waals surface area (Å²) in [5.74, 6) is 0.0907. The molecule has 0 amide bonds. The van der Waals surface area contributed by atoms with Crippen LogP contribution in [0.5, 0.6) is 0 Å². The van der Waals surface area contributed by atoms with Crippen LogP contribution in [0.4, 0.5) is 4.39 Å². The van der Waals surface area contributed by atoms with Gasteiger partial charge in [0.15, 0.2) is 0 Å². The number of hydrogen-bond acceptors (Lipinski definition) is 2. The van der Waals surface area contributed by atoms with Crippen molar-refractivity contribution in [2.75, 3.05) is 6.61 Å². The van der Waals surface area contributed by atoms with Crippen LogP contribution in [0.2, 0.25) is 0 Å². The monoisotopic (exact) mass is 291 g/mol. The van der Waals surface area contributed by atoms with Gasteiger partial charge in [-0.15, -0.1) is 0 Å². The first kappa shape index (κ1) is 15.0. The SMILES string of the molecule is CC(N)(c1ccccc1F)C1CCOC2(CCCCC2)C1. The molecule has 0 radical (unpaired) electrons. The van der Waals surface area contributed by atoms with E-state index in [0.717, 1.165) is 32.3 Å². The summed E-state index contributed by atoms with van der Waals surface area (Å²) in [6.07, 6.45) is 7.95. The van der Waals surface area contributed by atoms with Gasteiger partial charge in [0.2, 0.25) is 0 Å². The number of rotatable bonds is 2. The summed E-state index contributed by atoms with van der Waals surface area (Å²) >= 11 is 0. The van der Waals surface area contributed by atoms with Gasteiger partial charge in [0.25, 0.3) is 0 Å². The van der Waals surface area contributed by atoms with Gasteiger partial charge in [-0.2, -0.15) is 0 Å². The van der Waals surface area contributed by atoms with Crippen LogP contribution >= 0.6 is 0 Å². The van der Waals surface area contributed by atoms with E-state index >= 15 is 0 Å². The fourth-order valence-electron chi connectivity index (χ4n) is 4.20. The standard InChI is InChI=1S/C18H26FNO/c1-17(20,15-7-3-4-8-16(15)19)14-9-12-21-18(13-14)10-5-2-6-11-18/h3-4,7-8,14H,2,5-6,9-13,20H2,1H3. The van der Waals surface area contributed by atoms with Crippen LogP contribution in [0.1, 0.15) is 57.4 Å². The number of halogens is 1. The largest absolute Gasteiger partial charge is 0.375 e. The Morgan fingerprint density at radius 3 is 2.67 bits per heavy atom. The lowest BCUT2D eigenvalue weighted by Crippen LogP contribution is -2.51. The van der Waals surface area contributed by atoms with E-state index in [2.05, 4.69) is 0 Å². The highest BCUT2D eigenvalue weighted by molar-refractivity contribution is 5.26. The molecule has 2 nitrogen and oxygen atoms in total. The molecule has 1 aromatic rings. The van der Waals surface area contributed by atoms with Crippen LogP contribution in [0.3, 0.4) is 0 Å². The quantitative estimate of drug-likeness (QED) is 0.889. The molecule has 0 aromatic heterocycles. The number of nitrogens with two attached hydrogens (primary N) is 1. The summed E-state index contributed by atoms with van der Waals surface area (Å²) in [7, 11) is 0. The van der Waals surface area contributed by atoms with E-state index in [4.69, 9.17) is 10.5 Å². The Morgan fingerprint density at radius 2 is 1.95 bits per heavy atom. The van der Waals surface area contributed by atoms with E-state index in [9.17, 15) is 4.39 Å². The van der Waals surface area contributed by atoms with Gasteiger partial charge < -0.3 is 10.5 Å². The van der Waals surface area contributed by atoms with E-state index in [1.54, 1.807) is 6.07 Å². The van der Waals surface area contributed by atoms with Gasteiger partial charge in [0.1, 0.15) is 5.82 Å². The molecule has 2 unspecified atom stereocenters. The molecule has 1 aliphatic heterocycles. The maximum atomic E-state index is 14.2. The molecule has 116 valence electrons. The molecule has 1 saturated heterocycles. The van der Waals surface area contributed by atoms with Crippen LogP contribution in [0, 0.1) is 11.7 Å². The van der Waals surface area contributed by atoms with Crippen molar-refractivity contribution in [1.82, 2.24) is 0 Å². The molecule has 2 fully saturated rings. The van der Waals surface area contributed by atoms with Crippen molar-refractivity contribution in [2.24, 2.45) is 11.7 Å². The zero-order valence-electron chi connectivity index (χ0n) is 12.9. The normalized spacial score (nSPS) is 28.2. The molecule has 2 aliphatic rings. The van der Waals surface area contributed by atoms with E-state index in [-0.39, 0.29) is 17.3 Å². The van der Waals surface area contributed by atoms with Gasteiger partial charge >= 0.3 is 0 Å². The summed E-state index contributed by atoms with van der Waals surface area (Å²) in [6, 6.07) is 6.94. The fraction of sp³-hybridized carbons (Fsp3) is 0.667. The molecule has 2 N–H and O–H groups in total. The summed E-state index contributed by atoms with van der Waals surface area (Å²) in [4.78, 5) is 0. The van der Waals surface area contributed by atoms with Gasteiger partial charge in [0, 0.05) is 17.7 Å². The molecule has 0 bridgehead atoms. The average molecular weight is 291 g/mol. The van der Waals surface area contributed by atoms with Gasteiger partial charge in [-0.25, -0.2) is 4.39 Å². The van der Waals surface area contributed by atoms with Crippen LogP contribution in [0.25, 0.3) is 0 Å². The number of benzene rings is 1. The first-order valence-corrected chi connectivity index (χ1v) is 8.21. The molecule has 3 rings (SSSR count). The first-order chi connectivity index (χ1) is 10.0. The van der Waals surface area contributed by atoms with Gasteiger partial charge in [-0.1, -0.05) is 37.5 Å². The Morgan fingerprint density at radius 1 is 1.24 bits per heavy atom. The van der Waals surface area contributed by atoms with E-state index in [0.29, 0.717) is 5.56 Å². The second-order valence-corrected chi connectivity index (χ2v) is 7.04. The van der Waals surface area contributed by atoms with Crippen molar-refractivity contribution < 1.29 is 9.13 Å². The molecule has 1 spiro atoms. The van der Waals surface area contributed by atoms with Crippen molar-refractivity contribution >= 4 is 0 Å². The molecular weight excluding hydrogens is 265 g/mol. The second-order valence-electron chi connectivity index (χ2n) is 7.04. The first-order valence-electron chi connectivity index (χ1n) is 8.21. The smallest absolute Gasteiger partial charge is 0.128 e. The predicted octanol–water partition coefficient (Wildman–Crippen LogP) is 4.13. The summed E-state index contributed by atoms with van der Waals surface area (Å²) in [5.41, 5.74) is 6.63. The maximum absolute atomic E-state index is 14.2. The average Bonchev–Trinajstić information content (AvgIpc) is 2.48. The van der Waals surface area contributed by atoms with Crippen molar-refractivity contribution in [3.05, 3.63) is 35.6 Å². The Labute approximate surface area is 126 Å². The lowest BCUT2D eigenvalue weighted by Gasteiger charge is -2.48. The Kier molecular flexibility index (Phi) is 4.06. The van der Waals surface area contributed by atoms with Crippen LogP contribution < -0.4 is 5.73 Å². The third-order valence-electron chi connectivity index (χ3n) is 5.56. The summed E-state index contributed by atoms with van der Waals surface area (Å²) < 4.78 is 20.3. The lowest BCUT2D eigenvalue weighted by molar-refractivity contribution is -0.127. The molecule has 1 heterocycles. The van der Waals surface area contributed by atoms with Crippen molar-refractivity contribution in [3.8, 4) is 0 Å². The third-order valence-corrected chi connectivity index (χ3v) is 5.56. The molecule has 3 heteroatoms. The second kappa shape index (κ2) is 5.69. The Hall–Kier alpha value is -0.930. The number of ether oxygens (including phenoxy) is 1. The molecule has 2 atom stereocenters. The van der Waals surface area contributed by atoms with E-state index in [1.807, 2.05) is 19.1 Å². The van der Waals surface area contributed by atoms with E-state index < -0.39 is 5.54 Å². The molecule has 1 saturated carbocycles. The number of hydrogen-bond donors (Lipinski definition) is 1. The van der Waals surface area contributed by atoms with Gasteiger partial charge in [-0.3, -0.25) is 0 Å². The Bertz CT molecular complexity index is 488. The topological polar surface area (TPSA) is 35.2 Å². The highest BCUT2D eigenvalue weighted by Gasteiger charge is 2.44. The minimum atomic E-state index is -0.625. The lowest BCUT2D eigenvalue weighted by atomic mass is 9.68. The van der Waals surface area contributed by atoms with Gasteiger partial charge in [-0.05, 0) is 44.6 Å². The maximum Gasteiger partial charge on any atom is 0.128 e. The third kappa shape index (κ3) is 2.86.